The molecule has 2 nitrogen and oxygen atoms in total. The fraction of sp³-hybridized carbons (Fsp3) is 1.00. The van der Waals surface area contributed by atoms with Gasteiger partial charge in [-0.25, -0.2) is 0 Å². The molecule has 2 heteroatoms. The van der Waals surface area contributed by atoms with E-state index in [1.807, 2.05) is 0 Å². The van der Waals surface area contributed by atoms with Gasteiger partial charge < -0.3 is 10.4 Å². The van der Waals surface area contributed by atoms with Crippen LogP contribution >= 0.6 is 0 Å². The first kappa shape index (κ1) is 10.4. The third-order valence-corrected chi connectivity index (χ3v) is 3.98. The van der Waals surface area contributed by atoms with E-state index >= 15 is 0 Å². The molecule has 2 N–H and O–H groups in total. The Morgan fingerprint density at radius 1 is 1.07 bits per heavy atom. The number of aliphatic hydroxyl groups is 1. The molecule has 2 rings (SSSR count). The van der Waals surface area contributed by atoms with Crippen LogP contribution in [0.1, 0.15) is 51.9 Å². The molecule has 2 aliphatic carbocycles. The maximum absolute atomic E-state index is 9.38. The minimum absolute atomic E-state index is 0.0159. The number of hydrogen-bond donors (Lipinski definition) is 2. The molecule has 2 saturated carbocycles. The predicted octanol–water partition coefficient (Wildman–Crippen LogP) is 2.07. The second kappa shape index (κ2) is 4.63. The summed E-state index contributed by atoms with van der Waals surface area (Å²) < 4.78 is 0. The predicted molar refractivity (Wildman–Crippen MR) is 58.2 cm³/mol. The molecule has 0 heterocycles. The molecule has 2 fully saturated rings. The molecule has 0 aromatic carbocycles. The lowest BCUT2D eigenvalue weighted by Gasteiger charge is -2.39. The molecule has 0 atom stereocenters. The van der Waals surface area contributed by atoms with Crippen LogP contribution in [0.25, 0.3) is 0 Å². The number of rotatable bonds is 3. The van der Waals surface area contributed by atoms with Crippen molar-refractivity contribution in [1.29, 1.82) is 0 Å². The maximum atomic E-state index is 9.38. The highest BCUT2D eigenvalue weighted by molar-refractivity contribution is 4.88. The van der Waals surface area contributed by atoms with E-state index in [2.05, 4.69) is 12.2 Å². The standard InChI is InChI=1S/C12H23NO/c1-2-9-7-11(8-9)13-10-3-5-12(14)6-4-10/h9-14H,2-8H2,1H3. The summed E-state index contributed by atoms with van der Waals surface area (Å²) in [6, 6.07) is 1.49. The number of nitrogens with one attached hydrogen (secondary N) is 1. The summed E-state index contributed by atoms with van der Waals surface area (Å²) in [5.41, 5.74) is 0. The molecule has 0 saturated heterocycles. The van der Waals surface area contributed by atoms with Gasteiger partial charge in [0.05, 0.1) is 6.10 Å². The van der Waals surface area contributed by atoms with E-state index in [9.17, 15) is 5.11 Å². The quantitative estimate of drug-likeness (QED) is 0.726. The summed E-state index contributed by atoms with van der Waals surface area (Å²) in [6.45, 7) is 2.29. The van der Waals surface area contributed by atoms with E-state index in [-0.39, 0.29) is 6.10 Å². The summed E-state index contributed by atoms with van der Waals surface area (Å²) in [5.74, 6) is 0.988. The summed E-state index contributed by atoms with van der Waals surface area (Å²) in [6.07, 6.45) is 8.46. The fourth-order valence-corrected chi connectivity index (χ4v) is 2.78. The molecule has 0 radical (unpaired) electrons. The second-order valence-electron chi connectivity index (χ2n) is 5.11. The zero-order chi connectivity index (χ0) is 9.97. The lowest BCUT2D eigenvalue weighted by atomic mass is 9.77. The first-order chi connectivity index (χ1) is 6.78. The van der Waals surface area contributed by atoms with Crippen LogP contribution in [0.4, 0.5) is 0 Å². The van der Waals surface area contributed by atoms with E-state index in [1.165, 1.54) is 32.1 Å². The average Bonchev–Trinajstić information content (AvgIpc) is 2.13. The Hall–Kier alpha value is -0.0800. The Labute approximate surface area is 87.1 Å². The molecule has 14 heavy (non-hydrogen) atoms. The van der Waals surface area contributed by atoms with Crippen LogP contribution in [-0.4, -0.2) is 23.3 Å². The Balaban J connectivity index is 1.62. The molecule has 0 bridgehead atoms. The largest absolute Gasteiger partial charge is 0.393 e. The molecule has 0 aromatic heterocycles. The highest BCUT2D eigenvalue weighted by Gasteiger charge is 2.30. The van der Waals surface area contributed by atoms with E-state index in [4.69, 9.17) is 0 Å². The normalized spacial score (nSPS) is 43.3. The Bertz CT molecular complexity index is 169. The van der Waals surface area contributed by atoms with Gasteiger partial charge in [0.1, 0.15) is 0 Å². The van der Waals surface area contributed by atoms with Gasteiger partial charge in [0.15, 0.2) is 0 Å². The summed E-state index contributed by atoms with van der Waals surface area (Å²) >= 11 is 0. The second-order valence-corrected chi connectivity index (χ2v) is 5.11. The van der Waals surface area contributed by atoms with Crippen LogP contribution in [0, 0.1) is 5.92 Å². The van der Waals surface area contributed by atoms with Crippen molar-refractivity contribution in [1.82, 2.24) is 5.32 Å². The average molecular weight is 197 g/mol. The van der Waals surface area contributed by atoms with Gasteiger partial charge in [-0.05, 0) is 44.4 Å². The van der Waals surface area contributed by atoms with Crippen LogP contribution in [-0.2, 0) is 0 Å². The van der Waals surface area contributed by atoms with Crippen LogP contribution < -0.4 is 5.32 Å². The lowest BCUT2D eigenvalue weighted by Crippen LogP contribution is -2.47. The van der Waals surface area contributed by atoms with Crippen molar-refractivity contribution in [2.75, 3.05) is 0 Å². The van der Waals surface area contributed by atoms with Gasteiger partial charge in [-0.1, -0.05) is 13.3 Å². The minimum atomic E-state index is -0.0159. The Kier molecular flexibility index (Phi) is 3.45. The first-order valence-electron chi connectivity index (χ1n) is 6.22. The highest BCUT2D eigenvalue weighted by atomic mass is 16.3. The molecule has 0 unspecified atom stereocenters. The van der Waals surface area contributed by atoms with Crippen LogP contribution in [0.2, 0.25) is 0 Å². The van der Waals surface area contributed by atoms with Gasteiger partial charge in [-0.15, -0.1) is 0 Å². The molecule has 82 valence electrons. The fourth-order valence-electron chi connectivity index (χ4n) is 2.78. The minimum Gasteiger partial charge on any atom is -0.393 e. The third kappa shape index (κ3) is 2.48. The first-order valence-corrected chi connectivity index (χ1v) is 6.22. The van der Waals surface area contributed by atoms with Crippen LogP contribution in [0.3, 0.4) is 0 Å². The number of hydrogen-bond acceptors (Lipinski definition) is 2. The summed E-state index contributed by atoms with van der Waals surface area (Å²) in [7, 11) is 0. The Morgan fingerprint density at radius 3 is 2.29 bits per heavy atom. The summed E-state index contributed by atoms with van der Waals surface area (Å²) in [5, 5.41) is 13.1. The molecule has 0 aromatic rings. The van der Waals surface area contributed by atoms with Gasteiger partial charge >= 0.3 is 0 Å². The summed E-state index contributed by atoms with van der Waals surface area (Å²) in [4.78, 5) is 0. The van der Waals surface area contributed by atoms with Gasteiger partial charge in [0, 0.05) is 12.1 Å². The molecular formula is C12H23NO. The maximum Gasteiger partial charge on any atom is 0.0541 e. The van der Waals surface area contributed by atoms with Gasteiger partial charge in [-0.2, -0.15) is 0 Å². The van der Waals surface area contributed by atoms with Crippen molar-refractivity contribution in [3.8, 4) is 0 Å². The van der Waals surface area contributed by atoms with E-state index in [0.29, 0.717) is 6.04 Å². The molecule has 0 aliphatic heterocycles. The van der Waals surface area contributed by atoms with Crippen molar-refractivity contribution in [3.63, 3.8) is 0 Å². The lowest BCUT2D eigenvalue weighted by molar-refractivity contribution is 0.104. The topological polar surface area (TPSA) is 32.3 Å². The Morgan fingerprint density at radius 2 is 1.71 bits per heavy atom. The SMILES string of the molecule is CCC1CC(NC2CCC(O)CC2)C1. The van der Waals surface area contributed by atoms with Crippen LogP contribution in [0.5, 0.6) is 0 Å². The van der Waals surface area contributed by atoms with E-state index in [0.717, 1.165) is 24.8 Å². The van der Waals surface area contributed by atoms with Crippen molar-refractivity contribution in [2.45, 2.75) is 70.1 Å². The molecule has 2 aliphatic rings. The van der Waals surface area contributed by atoms with Gasteiger partial charge in [-0.3, -0.25) is 0 Å². The van der Waals surface area contributed by atoms with E-state index < -0.39 is 0 Å². The van der Waals surface area contributed by atoms with Gasteiger partial charge in [0.25, 0.3) is 0 Å². The monoisotopic (exact) mass is 197 g/mol. The van der Waals surface area contributed by atoms with Crippen molar-refractivity contribution in [2.24, 2.45) is 5.92 Å². The number of aliphatic hydroxyl groups excluding tert-OH is 1. The third-order valence-electron chi connectivity index (χ3n) is 3.98. The zero-order valence-corrected chi connectivity index (χ0v) is 9.21. The van der Waals surface area contributed by atoms with Crippen molar-refractivity contribution < 1.29 is 5.11 Å². The van der Waals surface area contributed by atoms with E-state index in [1.54, 1.807) is 0 Å². The smallest absolute Gasteiger partial charge is 0.0541 e. The molecule has 0 amide bonds. The molecule has 0 spiro atoms. The van der Waals surface area contributed by atoms with Crippen molar-refractivity contribution >= 4 is 0 Å². The van der Waals surface area contributed by atoms with Crippen molar-refractivity contribution in [3.05, 3.63) is 0 Å². The highest BCUT2D eigenvalue weighted by Crippen LogP contribution is 2.31. The zero-order valence-electron chi connectivity index (χ0n) is 9.21. The molecular weight excluding hydrogens is 174 g/mol. The van der Waals surface area contributed by atoms with Gasteiger partial charge in [0.2, 0.25) is 0 Å². The van der Waals surface area contributed by atoms with Crippen LogP contribution in [0.15, 0.2) is 0 Å².